The molecule has 0 spiro atoms. The van der Waals surface area contributed by atoms with Gasteiger partial charge in [0.05, 0.1) is 12.0 Å². The van der Waals surface area contributed by atoms with Crippen LogP contribution in [-0.2, 0) is 14.3 Å². The lowest BCUT2D eigenvalue weighted by atomic mass is 9.99. The Hall–Kier alpha value is -2.07. The number of aliphatic imine (C=N–C) groups is 1. The van der Waals surface area contributed by atoms with Crippen LogP contribution in [0, 0.1) is 24.7 Å². The van der Waals surface area contributed by atoms with E-state index < -0.39 is 5.54 Å². The number of amides is 2. The van der Waals surface area contributed by atoms with Crippen molar-refractivity contribution < 1.29 is 14.3 Å². The number of methoxy groups -OCH3 is 1. The fourth-order valence-corrected chi connectivity index (χ4v) is 2.23. The van der Waals surface area contributed by atoms with Gasteiger partial charge in [0.2, 0.25) is 11.8 Å². The van der Waals surface area contributed by atoms with Crippen molar-refractivity contribution in [2.45, 2.75) is 39.2 Å². The minimum atomic E-state index is -0.426. The Morgan fingerprint density at radius 3 is 2.35 bits per heavy atom. The van der Waals surface area contributed by atoms with E-state index in [1.54, 1.807) is 7.11 Å². The number of hydrogen-bond donors (Lipinski definition) is 2. The second kappa shape index (κ2) is 9.16. The number of primary amides is 1. The van der Waals surface area contributed by atoms with E-state index in [1.165, 1.54) is 4.90 Å². The second-order valence-corrected chi connectivity index (χ2v) is 6.05. The Labute approximate surface area is 138 Å². The molecule has 130 valence electrons. The number of rotatable bonds is 4. The molecule has 0 aromatic rings. The molecule has 2 rings (SSSR count). The predicted octanol–water partition coefficient (Wildman–Crippen LogP) is 0.336. The highest BCUT2D eigenvalue weighted by Gasteiger charge is 2.45. The standard InChI is InChI=1S/C11H18N4O2.C3H8O.C2H2/c1-11(2)4-8(16)15(10(13)14-11)5-6-3-7(6)9(12)17;1-3-4-2;1-2/h6-7H,3-5H2,1-2H3,(H2,12,17)(H2,13,14);3H2,1-2H3;1-2H/t6-,7?;;/m1../s1. The number of nitrogens with zero attached hydrogens (tertiary/aromatic N) is 2. The highest BCUT2D eigenvalue weighted by molar-refractivity contribution is 5.99. The summed E-state index contributed by atoms with van der Waals surface area (Å²) >= 11 is 0. The molecule has 0 aromatic carbocycles. The smallest absolute Gasteiger partial charge is 0.231 e. The Morgan fingerprint density at radius 2 is 2.00 bits per heavy atom. The Kier molecular flexibility index (Phi) is 8.33. The van der Waals surface area contributed by atoms with Gasteiger partial charge in [-0.05, 0) is 33.1 Å². The molecule has 2 atom stereocenters. The summed E-state index contributed by atoms with van der Waals surface area (Å²) in [6, 6.07) is 0. The van der Waals surface area contributed by atoms with Crippen LogP contribution in [0.2, 0.25) is 0 Å². The molecule has 23 heavy (non-hydrogen) atoms. The third-order valence-electron chi connectivity index (χ3n) is 3.57. The largest absolute Gasteiger partial charge is 0.385 e. The molecule has 0 saturated heterocycles. The fourth-order valence-electron chi connectivity index (χ4n) is 2.23. The zero-order chi connectivity index (χ0) is 18.2. The lowest BCUT2D eigenvalue weighted by Crippen LogP contribution is -2.50. The van der Waals surface area contributed by atoms with Crippen molar-refractivity contribution in [3.63, 3.8) is 0 Å². The monoisotopic (exact) mass is 324 g/mol. The van der Waals surface area contributed by atoms with Crippen molar-refractivity contribution in [2.24, 2.45) is 28.3 Å². The summed E-state index contributed by atoms with van der Waals surface area (Å²) in [5, 5.41) is 0. The number of hydrogen-bond acceptors (Lipinski definition) is 5. The van der Waals surface area contributed by atoms with E-state index in [1.807, 2.05) is 20.8 Å². The number of carbonyl (C=O) groups is 2. The van der Waals surface area contributed by atoms with Gasteiger partial charge in [-0.2, -0.15) is 0 Å². The summed E-state index contributed by atoms with van der Waals surface area (Å²) in [4.78, 5) is 28.6. The summed E-state index contributed by atoms with van der Waals surface area (Å²) in [5.74, 6) is -0.0359. The second-order valence-electron chi connectivity index (χ2n) is 6.05. The first-order valence-corrected chi connectivity index (χ1v) is 7.49. The van der Waals surface area contributed by atoms with E-state index in [0.29, 0.717) is 13.0 Å². The van der Waals surface area contributed by atoms with E-state index in [0.717, 1.165) is 13.0 Å². The Bertz CT molecular complexity index is 469. The number of guanidine groups is 1. The van der Waals surface area contributed by atoms with Crippen molar-refractivity contribution in [1.29, 1.82) is 0 Å². The van der Waals surface area contributed by atoms with Crippen LogP contribution in [0.15, 0.2) is 4.99 Å². The molecule has 1 saturated carbocycles. The van der Waals surface area contributed by atoms with Gasteiger partial charge in [0.15, 0.2) is 5.96 Å². The fraction of sp³-hybridized carbons (Fsp3) is 0.688. The van der Waals surface area contributed by atoms with E-state index in [9.17, 15) is 9.59 Å². The van der Waals surface area contributed by atoms with Crippen LogP contribution in [0.5, 0.6) is 0 Å². The van der Waals surface area contributed by atoms with Gasteiger partial charge >= 0.3 is 0 Å². The van der Waals surface area contributed by atoms with Gasteiger partial charge < -0.3 is 16.2 Å². The maximum absolute atomic E-state index is 11.9. The first-order valence-electron chi connectivity index (χ1n) is 7.49. The minimum Gasteiger partial charge on any atom is -0.385 e. The molecule has 1 unspecified atom stereocenters. The third-order valence-corrected chi connectivity index (χ3v) is 3.57. The molecule has 4 N–H and O–H groups in total. The van der Waals surface area contributed by atoms with Crippen LogP contribution in [0.4, 0.5) is 0 Å². The lowest BCUT2D eigenvalue weighted by Gasteiger charge is -2.32. The van der Waals surface area contributed by atoms with Gasteiger partial charge in [-0.1, -0.05) is 0 Å². The third kappa shape index (κ3) is 6.70. The van der Waals surface area contributed by atoms with Gasteiger partial charge in [0.25, 0.3) is 0 Å². The molecule has 7 nitrogen and oxygen atoms in total. The van der Waals surface area contributed by atoms with Crippen molar-refractivity contribution in [3.05, 3.63) is 0 Å². The average molecular weight is 324 g/mol. The topological polar surface area (TPSA) is 111 Å². The molecule has 1 heterocycles. The first-order chi connectivity index (χ1) is 10.7. The first kappa shape index (κ1) is 20.9. The molecule has 1 aliphatic carbocycles. The Balaban J connectivity index is 0.000000705. The summed E-state index contributed by atoms with van der Waals surface area (Å²) < 4.78 is 4.54. The average Bonchev–Trinajstić information content (AvgIpc) is 3.24. The zero-order valence-electron chi connectivity index (χ0n) is 14.4. The van der Waals surface area contributed by atoms with Crippen LogP contribution in [-0.4, -0.2) is 48.5 Å². The van der Waals surface area contributed by atoms with Crippen molar-refractivity contribution >= 4 is 17.8 Å². The molecular formula is C16H28N4O3. The van der Waals surface area contributed by atoms with Crippen molar-refractivity contribution in [3.8, 4) is 12.8 Å². The highest BCUT2D eigenvalue weighted by atomic mass is 16.5. The number of terminal acetylenes is 1. The number of ether oxygens (including phenoxy) is 1. The molecule has 0 bridgehead atoms. The molecule has 2 aliphatic rings. The van der Waals surface area contributed by atoms with Crippen LogP contribution >= 0.6 is 0 Å². The van der Waals surface area contributed by atoms with E-state index >= 15 is 0 Å². The normalized spacial score (nSPS) is 24.3. The lowest BCUT2D eigenvalue weighted by molar-refractivity contribution is -0.129. The van der Waals surface area contributed by atoms with Crippen molar-refractivity contribution in [1.82, 2.24) is 4.90 Å². The zero-order valence-corrected chi connectivity index (χ0v) is 14.4. The van der Waals surface area contributed by atoms with Gasteiger partial charge in [-0.15, -0.1) is 12.8 Å². The summed E-state index contributed by atoms with van der Waals surface area (Å²) in [6.07, 6.45) is 9.09. The van der Waals surface area contributed by atoms with Crippen LogP contribution < -0.4 is 11.5 Å². The molecular weight excluding hydrogens is 296 g/mol. The predicted molar refractivity (Wildman–Crippen MR) is 90.3 cm³/mol. The maximum Gasteiger partial charge on any atom is 0.231 e. The Morgan fingerprint density at radius 1 is 1.48 bits per heavy atom. The van der Waals surface area contributed by atoms with Gasteiger partial charge in [0.1, 0.15) is 0 Å². The van der Waals surface area contributed by atoms with E-state index in [-0.39, 0.29) is 29.6 Å². The number of carbonyl (C=O) groups excluding carboxylic acids is 2. The summed E-state index contributed by atoms with van der Waals surface area (Å²) in [6.45, 7) is 6.98. The van der Waals surface area contributed by atoms with Gasteiger partial charge in [0, 0.05) is 26.2 Å². The van der Waals surface area contributed by atoms with Crippen molar-refractivity contribution in [2.75, 3.05) is 20.3 Å². The summed E-state index contributed by atoms with van der Waals surface area (Å²) in [5.41, 5.74) is 10.6. The highest BCUT2D eigenvalue weighted by Crippen LogP contribution is 2.39. The van der Waals surface area contributed by atoms with Crippen LogP contribution in [0.1, 0.15) is 33.6 Å². The number of nitrogens with two attached hydrogens (primary N) is 2. The molecule has 7 heteroatoms. The molecule has 1 fully saturated rings. The van der Waals surface area contributed by atoms with E-state index in [2.05, 4.69) is 22.6 Å². The SMILES string of the molecule is C#C.CC1(C)CC(=O)N(C[C@H]2CC2C(N)=O)C(N)=N1.CCOC. The molecule has 0 aromatic heterocycles. The summed E-state index contributed by atoms with van der Waals surface area (Å²) in [7, 11) is 1.68. The van der Waals surface area contributed by atoms with Crippen LogP contribution in [0.25, 0.3) is 0 Å². The molecule has 1 aliphatic heterocycles. The minimum absolute atomic E-state index is 0.0300. The van der Waals surface area contributed by atoms with Crippen LogP contribution in [0.3, 0.4) is 0 Å². The van der Waals surface area contributed by atoms with Gasteiger partial charge in [-0.25, -0.2) is 4.99 Å². The quantitative estimate of drug-likeness (QED) is 0.726. The molecule has 2 amide bonds. The van der Waals surface area contributed by atoms with E-state index in [4.69, 9.17) is 11.5 Å². The molecule has 0 radical (unpaired) electrons. The van der Waals surface area contributed by atoms with Gasteiger partial charge in [-0.3, -0.25) is 14.5 Å². The maximum atomic E-state index is 11.9.